The summed E-state index contributed by atoms with van der Waals surface area (Å²) in [6.07, 6.45) is -2.67. The number of thioether (sulfide) groups is 1. The fraction of sp³-hybridized carbons (Fsp3) is 0.350. The highest BCUT2D eigenvalue weighted by Gasteiger charge is 2.32. The Morgan fingerprint density at radius 2 is 1.86 bits per heavy atom. The monoisotopic (exact) mass is 410 g/mol. The molecular weight excluding hydrogens is 389 g/mol. The van der Waals surface area contributed by atoms with Gasteiger partial charge in [0, 0.05) is 15.8 Å². The summed E-state index contributed by atoms with van der Waals surface area (Å²) in [6.45, 7) is 2.12. The summed E-state index contributed by atoms with van der Waals surface area (Å²) in [6, 6.07) is 12.6. The third-order valence-corrected chi connectivity index (χ3v) is 5.75. The standard InChI is InChI=1S/C20H21F3N2O2S/c1-25-11-9-15(10-12-25)28-16-6-4-5-14(13-16)24-19(26)17-7-2-3-8-18(17)27-20(21,22)23/h2-8,13,15H,9-12H2,1H3,(H,24,26). The summed E-state index contributed by atoms with van der Waals surface area (Å²) in [7, 11) is 2.11. The second-order valence-corrected chi connectivity index (χ2v) is 8.02. The molecular formula is C20H21F3N2O2S. The maximum Gasteiger partial charge on any atom is 0.573 e. The highest BCUT2D eigenvalue weighted by atomic mass is 32.2. The number of hydrogen-bond acceptors (Lipinski definition) is 4. The van der Waals surface area contributed by atoms with Crippen molar-refractivity contribution in [3.63, 3.8) is 0 Å². The Bertz CT molecular complexity index is 821. The molecule has 28 heavy (non-hydrogen) atoms. The van der Waals surface area contributed by atoms with E-state index in [2.05, 4.69) is 22.0 Å². The van der Waals surface area contributed by atoms with E-state index in [0.29, 0.717) is 10.9 Å². The molecule has 0 radical (unpaired) electrons. The van der Waals surface area contributed by atoms with Gasteiger partial charge in [0.1, 0.15) is 5.75 Å². The molecule has 0 atom stereocenters. The molecule has 1 aliphatic heterocycles. The molecule has 0 saturated carbocycles. The van der Waals surface area contributed by atoms with Crippen molar-refractivity contribution in [3.05, 3.63) is 54.1 Å². The van der Waals surface area contributed by atoms with Crippen LogP contribution in [0.2, 0.25) is 0 Å². The Labute approximate surface area is 166 Å². The average molecular weight is 410 g/mol. The smallest absolute Gasteiger partial charge is 0.405 e. The molecule has 1 saturated heterocycles. The summed E-state index contributed by atoms with van der Waals surface area (Å²) in [5.74, 6) is -1.18. The van der Waals surface area contributed by atoms with E-state index in [-0.39, 0.29) is 5.56 Å². The first-order chi connectivity index (χ1) is 13.3. The maximum absolute atomic E-state index is 12.6. The lowest BCUT2D eigenvalue weighted by Crippen LogP contribution is -2.31. The quantitative estimate of drug-likeness (QED) is 0.751. The van der Waals surface area contributed by atoms with E-state index in [0.717, 1.165) is 36.9 Å². The van der Waals surface area contributed by atoms with E-state index in [1.165, 1.54) is 18.2 Å². The number of rotatable bonds is 5. The fourth-order valence-electron chi connectivity index (χ4n) is 3.01. The zero-order valence-corrected chi connectivity index (χ0v) is 16.1. The van der Waals surface area contributed by atoms with E-state index in [4.69, 9.17) is 0 Å². The first kappa shape index (κ1) is 20.5. The summed E-state index contributed by atoms with van der Waals surface area (Å²) >= 11 is 1.76. The van der Waals surface area contributed by atoms with E-state index < -0.39 is 18.0 Å². The van der Waals surface area contributed by atoms with Crippen LogP contribution in [0.3, 0.4) is 0 Å². The van der Waals surface area contributed by atoms with Crippen LogP contribution in [0.25, 0.3) is 0 Å². The zero-order chi connectivity index (χ0) is 20.1. The Hall–Kier alpha value is -2.19. The highest BCUT2D eigenvalue weighted by molar-refractivity contribution is 8.00. The number of carbonyl (C=O) groups is 1. The summed E-state index contributed by atoms with van der Waals surface area (Å²) < 4.78 is 41.6. The van der Waals surface area contributed by atoms with Crippen molar-refractivity contribution >= 4 is 23.4 Å². The Morgan fingerprint density at radius 3 is 2.57 bits per heavy atom. The number of carbonyl (C=O) groups excluding carboxylic acids is 1. The Morgan fingerprint density at radius 1 is 1.14 bits per heavy atom. The topological polar surface area (TPSA) is 41.6 Å². The van der Waals surface area contributed by atoms with E-state index in [1.54, 1.807) is 17.8 Å². The van der Waals surface area contributed by atoms with Gasteiger partial charge in [0.15, 0.2) is 0 Å². The highest BCUT2D eigenvalue weighted by Crippen LogP contribution is 2.32. The van der Waals surface area contributed by atoms with Crippen molar-refractivity contribution in [3.8, 4) is 5.75 Å². The van der Waals surface area contributed by atoms with Gasteiger partial charge in [-0.3, -0.25) is 4.79 Å². The van der Waals surface area contributed by atoms with Crippen molar-refractivity contribution in [2.75, 3.05) is 25.5 Å². The van der Waals surface area contributed by atoms with Gasteiger partial charge in [-0.1, -0.05) is 18.2 Å². The molecule has 150 valence electrons. The van der Waals surface area contributed by atoms with Crippen LogP contribution in [-0.4, -0.2) is 42.6 Å². The first-order valence-electron chi connectivity index (χ1n) is 8.91. The number of likely N-dealkylation sites (tertiary alicyclic amines) is 1. The van der Waals surface area contributed by atoms with Crippen LogP contribution in [0.4, 0.5) is 18.9 Å². The maximum atomic E-state index is 12.6. The number of hydrogen-bond donors (Lipinski definition) is 1. The number of nitrogens with zero attached hydrogens (tertiary/aromatic N) is 1. The van der Waals surface area contributed by atoms with Crippen molar-refractivity contribution in [2.24, 2.45) is 0 Å². The zero-order valence-electron chi connectivity index (χ0n) is 15.3. The van der Waals surface area contributed by atoms with Crippen LogP contribution < -0.4 is 10.1 Å². The first-order valence-corrected chi connectivity index (χ1v) is 9.79. The minimum atomic E-state index is -4.86. The number of amides is 1. The van der Waals surface area contributed by atoms with Crippen LogP contribution in [0, 0.1) is 0 Å². The molecule has 0 bridgehead atoms. The number of ether oxygens (including phenoxy) is 1. The molecule has 0 aromatic heterocycles. The SMILES string of the molecule is CN1CCC(Sc2cccc(NC(=O)c3ccccc3OC(F)(F)F)c2)CC1. The van der Waals surface area contributed by atoms with Crippen LogP contribution in [0.5, 0.6) is 5.75 Å². The third kappa shape index (κ3) is 5.90. The molecule has 2 aromatic carbocycles. The number of benzene rings is 2. The predicted octanol–water partition coefficient (Wildman–Crippen LogP) is 5.02. The van der Waals surface area contributed by atoms with Crippen molar-refractivity contribution in [2.45, 2.75) is 29.3 Å². The van der Waals surface area contributed by atoms with Crippen LogP contribution in [0.1, 0.15) is 23.2 Å². The van der Waals surface area contributed by atoms with Gasteiger partial charge in [-0.05, 0) is 63.3 Å². The molecule has 8 heteroatoms. The number of piperidine rings is 1. The van der Waals surface area contributed by atoms with Gasteiger partial charge in [-0.2, -0.15) is 0 Å². The number of nitrogens with one attached hydrogen (secondary N) is 1. The molecule has 1 N–H and O–H groups in total. The molecule has 0 spiro atoms. The lowest BCUT2D eigenvalue weighted by molar-refractivity contribution is -0.274. The lowest BCUT2D eigenvalue weighted by atomic mass is 10.1. The van der Waals surface area contributed by atoms with Gasteiger partial charge < -0.3 is 15.0 Å². The number of alkyl halides is 3. The Balaban J connectivity index is 1.68. The van der Waals surface area contributed by atoms with Gasteiger partial charge in [0.25, 0.3) is 5.91 Å². The van der Waals surface area contributed by atoms with Crippen LogP contribution >= 0.6 is 11.8 Å². The van der Waals surface area contributed by atoms with Crippen molar-refractivity contribution < 1.29 is 22.7 Å². The van der Waals surface area contributed by atoms with Crippen molar-refractivity contribution in [1.82, 2.24) is 4.90 Å². The number of halogens is 3. The van der Waals surface area contributed by atoms with Gasteiger partial charge >= 0.3 is 6.36 Å². The number of para-hydroxylation sites is 1. The predicted molar refractivity (Wildman–Crippen MR) is 104 cm³/mol. The minimum Gasteiger partial charge on any atom is -0.405 e. The largest absolute Gasteiger partial charge is 0.573 e. The summed E-state index contributed by atoms with van der Waals surface area (Å²) in [5, 5.41) is 3.18. The molecule has 0 aliphatic carbocycles. The van der Waals surface area contributed by atoms with Gasteiger partial charge in [0.2, 0.25) is 0 Å². The minimum absolute atomic E-state index is 0.173. The molecule has 1 fully saturated rings. The number of anilines is 1. The van der Waals surface area contributed by atoms with E-state index in [1.807, 2.05) is 18.2 Å². The average Bonchev–Trinajstić information content (AvgIpc) is 2.63. The Kier molecular flexibility index (Phi) is 6.51. The normalized spacial score (nSPS) is 16.0. The molecule has 0 unspecified atom stereocenters. The molecule has 1 aliphatic rings. The molecule has 2 aromatic rings. The van der Waals surface area contributed by atoms with Gasteiger partial charge in [-0.15, -0.1) is 24.9 Å². The molecule has 3 rings (SSSR count). The van der Waals surface area contributed by atoms with Crippen molar-refractivity contribution in [1.29, 1.82) is 0 Å². The fourth-order valence-corrected chi connectivity index (χ4v) is 4.19. The molecule has 1 heterocycles. The van der Waals surface area contributed by atoms with Crippen LogP contribution in [0.15, 0.2) is 53.4 Å². The second-order valence-electron chi connectivity index (χ2n) is 6.65. The second kappa shape index (κ2) is 8.87. The van der Waals surface area contributed by atoms with E-state index >= 15 is 0 Å². The summed E-state index contributed by atoms with van der Waals surface area (Å²) in [5.41, 5.74) is 0.359. The van der Waals surface area contributed by atoms with E-state index in [9.17, 15) is 18.0 Å². The molecule has 1 amide bonds. The van der Waals surface area contributed by atoms with Gasteiger partial charge in [0.05, 0.1) is 5.56 Å². The lowest BCUT2D eigenvalue weighted by Gasteiger charge is -2.28. The van der Waals surface area contributed by atoms with Gasteiger partial charge in [-0.25, -0.2) is 0 Å². The third-order valence-electron chi connectivity index (χ3n) is 4.42. The molecule has 4 nitrogen and oxygen atoms in total. The summed E-state index contributed by atoms with van der Waals surface area (Å²) in [4.78, 5) is 15.8. The van der Waals surface area contributed by atoms with Crippen LogP contribution in [-0.2, 0) is 0 Å².